The van der Waals surface area contributed by atoms with Crippen LogP contribution in [0.15, 0.2) is 18.2 Å². The molecule has 20 heavy (non-hydrogen) atoms. The van der Waals surface area contributed by atoms with Crippen LogP contribution in [0.3, 0.4) is 0 Å². The molecule has 1 aromatic carbocycles. The Bertz CT molecular complexity index is 400. The van der Waals surface area contributed by atoms with Gasteiger partial charge in [-0.1, -0.05) is 27.7 Å². The number of nitrogens with zero attached hydrogens (tertiary/aromatic N) is 1. The molecule has 0 aromatic heterocycles. The van der Waals surface area contributed by atoms with E-state index in [2.05, 4.69) is 38.7 Å². The van der Waals surface area contributed by atoms with Crippen LogP contribution in [-0.4, -0.2) is 24.6 Å². The number of benzene rings is 1. The SMILES string of the molecule is CCC(CC)N(Cc1cc(OC)ccc1N)CC(C)C. The Morgan fingerprint density at radius 1 is 1.20 bits per heavy atom. The van der Waals surface area contributed by atoms with Crippen molar-refractivity contribution in [3.8, 4) is 5.75 Å². The molecule has 0 amide bonds. The third kappa shape index (κ3) is 4.71. The first kappa shape index (κ1) is 16.8. The summed E-state index contributed by atoms with van der Waals surface area (Å²) in [5.41, 5.74) is 8.14. The Morgan fingerprint density at radius 2 is 1.85 bits per heavy atom. The van der Waals surface area contributed by atoms with Gasteiger partial charge >= 0.3 is 0 Å². The summed E-state index contributed by atoms with van der Waals surface area (Å²) in [6, 6.07) is 6.53. The number of anilines is 1. The third-order valence-electron chi connectivity index (χ3n) is 3.78. The Hall–Kier alpha value is -1.22. The highest BCUT2D eigenvalue weighted by Crippen LogP contribution is 2.23. The van der Waals surface area contributed by atoms with E-state index in [9.17, 15) is 0 Å². The molecule has 0 radical (unpaired) electrons. The highest BCUT2D eigenvalue weighted by Gasteiger charge is 2.17. The maximum Gasteiger partial charge on any atom is 0.119 e. The maximum atomic E-state index is 6.12. The average molecular weight is 278 g/mol. The van der Waals surface area contributed by atoms with Crippen molar-refractivity contribution in [2.24, 2.45) is 5.92 Å². The van der Waals surface area contributed by atoms with Gasteiger partial charge in [0, 0.05) is 24.8 Å². The summed E-state index contributed by atoms with van der Waals surface area (Å²) in [6.45, 7) is 11.1. The van der Waals surface area contributed by atoms with E-state index < -0.39 is 0 Å². The molecule has 0 spiro atoms. The Morgan fingerprint density at radius 3 is 2.35 bits per heavy atom. The molecule has 1 aromatic rings. The molecule has 0 unspecified atom stereocenters. The second-order valence-electron chi connectivity index (χ2n) is 5.86. The first-order valence-electron chi connectivity index (χ1n) is 7.68. The Balaban J connectivity index is 2.93. The minimum atomic E-state index is 0.614. The van der Waals surface area contributed by atoms with E-state index in [1.807, 2.05) is 12.1 Å². The lowest BCUT2D eigenvalue weighted by Crippen LogP contribution is -2.36. The molecule has 0 aliphatic heterocycles. The van der Waals surface area contributed by atoms with E-state index in [0.717, 1.165) is 30.1 Å². The van der Waals surface area contributed by atoms with E-state index in [0.29, 0.717) is 12.0 Å². The first-order valence-corrected chi connectivity index (χ1v) is 7.68. The number of rotatable bonds is 8. The average Bonchev–Trinajstić information content (AvgIpc) is 2.41. The van der Waals surface area contributed by atoms with Gasteiger partial charge in [-0.2, -0.15) is 0 Å². The molecule has 0 aliphatic rings. The molecule has 1 rings (SSSR count). The summed E-state index contributed by atoms with van der Waals surface area (Å²) >= 11 is 0. The zero-order valence-electron chi connectivity index (χ0n) is 13.6. The van der Waals surface area contributed by atoms with E-state index in [4.69, 9.17) is 10.5 Å². The summed E-state index contributed by atoms with van der Waals surface area (Å²) in [5.74, 6) is 1.53. The number of hydrogen-bond acceptors (Lipinski definition) is 3. The Kier molecular flexibility index (Phi) is 6.86. The van der Waals surface area contributed by atoms with Crippen LogP contribution in [0.1, 0.15) is 46.1 Å². The molecule has 0 atom stereocenters. The number of nitrogen functional groups attached to an aromatic ring is 1. The molecule has 2 N–H and O–H groups in total. The van der Waals surface area contributed by atoms with Crippen molar-refractivity contribution in [2.75, 3.05) is 19.4 Å². The van der Waals surface area contributed by atoms with Crippen molar-refractivity contribution < 1.29 is 4.74 Å². The van der Waals surface area contributed by atoms with Crippen LogP contribution in [0.2, 0.25) is 0 Å². The fraction of sp³-hybridized carbons (Fsp3) is 0.647. The predicted octanol–water partition coefficient (Wildman–Crippen LogP) is 3.92. The van der Waals surface area contributed by atoms with Gasteiger partial charge in [-0.25, -0.2) is 0 Å². The molecule has 0 saturated carbocycles. The van der Waals surface area contributed by atoms with Crippen molar-refractivity contribution in [3.63, 3.8) is 0 Å². The number of methoxy groups -OCH3 is 1. The summed E-state index contributed by atoms with van der Waals surface area (Å²) in [4.78, 5) is 2.55. The Labute approximate surface area is 124 Å². The molecule has 0 heterocycles. The predicted molar refractivity (Wildman–Crippen MR) is 87.0 cm³/mol. The standard InChI is InChI=1S/C17H30N2O/c1-6-15(7-2)19(11-13(3)4)12-14-10-16(20-5)8-9-17(14)18/h8-10,13,15H,6-7,11-12,18H2,1-5H3. The van der Waals surface area contributed by atoms with Gasteiger partial charge in [0.1, 0.15) is 5.75 Å². The molecule has 0 bridgehead atoms. The molecule has 114 valence electrons. The van der Waals surface area contributed by atoms with Crippen molar-refractivity contribution in [3.05, 3.63) is 23.8 Å². The molecular weight excluding hydrogens is 248 g/mol. The summed E-state index contributed by atoms with van der Waals surface area (Å²) in [7, 11) is 1.70. The lowest BCUT2D eigenvalue weighted by Gasteiger charge is -2.32. The highest BCUT2D eigenvalue weighted by atomic mass is 16.5. The van der Waals surface area contributed by atoms with Crippen LogP contribution in [0, 0.1) is 5.92 Å². The molecular formula is C17H30N2O. The van der Waals surface area contributed by atoms with Gasteiger partial charge < -0.3 is 10.5 Å². The highest BCUT2D eigenvalue weighted by molar-refractivity contribution is 5.50. The monoisotopic (exact) mass is 278 g/mol. The van der Waals surface area contributed by atoms with E-state index in [1.165, 1.54) is 12.8 Å². The maximum absolute atomic E-state index is 6.12. The molecule has 3 nitrogen and oxygen atoms in total. The minimum absolute atomic E-state index is 0.614. The van der Waals surface area contributed by atoms with Crippen molar-refractivity contribution >= 4 is 5.69 Å². The van der Waals surface area contributed by atoms with Gasteiger partial charge in [0.2, 0.25) is 0 Å². The summed E-state index contributed by atoms with van der Waals surface area (Å²) in [6.07, 6.45) is 2.35. The fourth-order valence-electron chi connectivity index (χ4n) is 2.68. The van der Waals surface area contributed by atoms with Gasteiger partial charge in [-0.15, -0.1) is 0 Å². The first-order chi connectivity index (χ1) is 9.51. The van der Waals surface area contributed by atoms with Crippen molar-refractivity contribution in [1.29, 1.82) is 0 Å². The van der Waals surface area contributed by atoms with Crippen LogP contribution in [0.5, 0.6) is 5.75 Å². The quantitative estimate of drug-likeness (QED) is 0.732. The fourth-order valence-corrected chi connectivity index (χ4v) is 2.68. The molecule has 0 fully saturated rings. The summed E-state index contributed by atoms with van der Waals surface area (Å²) < 4.78 is 5.31. The minimum Gasteiger partial charge on any atom is -0.497 e. The van der Waals surface area contributed by atoms with Gasteiger partial charge in [0.15, 0.2) is 0 Å². The van der Waals surface area contributed by atoms with E-state index in [1.54, 1.807) is 7.11 Å². The van der Waals surface area contributed by atoms with Crippen LogP contribution < -0.4 is 10.5 Å². The topological polar surface area (TPSA) is 38.5 Å². The van der Waals surface area contributed by atoms with Gasteiger partial charge in [-0.05, 0) is 42.5 Å². The number of nitrogens with two attached hydrogens (primary N) is 1. The van der Waals surface area contributed by atoms with Crippen LogP contribution in [-0.2, 0) is 6.54 Å². The van der Waals surface area contributed by atoms with Crippen LogP contribution in [0.4, 0.5) is 5.69 Å². The normalized spacial score (nSPS) is 11.6. The summed E-state index contributed by atoms with van der Waals surface area (Å²) in [5, 5.41) is 0. The lowest BCUT2D eigenvalue weighted by atomic mass is 10.0. The van der Waals surface area contributed by atoms with Gasteiger partial charge in [-0.3, -0.25) is 4.90 Å². The van der Waals surface area contributed by atoms with E-state index >= 15 is 0 Å². The smallest absolute Gasteiger partial charge is 0.119 e. The molecule has 3 heteroatoms. The molecule has 0 saturated heterocycles. The zero-order valence-corrected chi connectivity index (χ0v) is 13.6. The van der Waals surface area contributed by atoms with Crippen LogP contribution in [0.25, 0.3) is 0 Å². The van der Waals surface area contributed by atoms with Crippen molar-refractivity contribution in [2.45, 2.75) is 53.1 Å². The molecule has 0 aliphatic carbocycles. The second kappa shape index (κ2) is 8.15. The third-order valence-corrected chi connectivity index (χ3v) is 3.78. The largest absolute Gasteiger partial charge is 0.497 e. The van der Waals surface area contributed by atoms with Gasteiger partial charge in [0.05, 0.1) is 7.11 Å². The van der Waals surface area contributed by atoms with E-state index in [-0.39, 0.29) is 0 Å². The number of hydrogen-bond donors (Lipinski definition) is 1. The van der Waals surface area contributed by atoms with Crippen LogP contribution >= 0.6 is 0 Å². The zero-order chi connectivity index (χ0) is 15.1. The van der Waals surface area contributed by atoms with Crippen molar-refractivity contribution in [1.82, 2.24) is 4.90 Å². The lowest BCUT2D eigenvalue weighted by molar-refractivity contribution is 0.157. The van der Waals surface area contributed by atoms with Gasteiger partial charge in [0.25, 0.3) is 0 Å². The second-order valence-corrected chi connectivity index (χ2v) is 5.86. The number of ether oxygens (including phenoxy) is 1.